The normalized spacial score (nSPS) is 11.5. The molecular weight excluding hydrogens is 331 g/mol. The molecule has 0 unspecified atom stereocenters. The molecular formula is C21H27FN2O2. The summed E-state index contributed by atoms with van der Waals surface area (Å²) in [4.78, 5) is 14.7. The molecule has 0 aliphatic carbocycles. The third kappa shape index (κ3) is 6.15. The molecule has 1 N–H and O–H groups in total. The molecule has 0 aliphatic rings. The van der Waals surface area contributed by atoms with Crippen LogP contribution < -0.4 is 10.1 Å². The second-order valence-electron chi connectivity index (χ2n) is 7.50. The van der Waals surface area contributed by atoms with Crippen molar-refractivity contribution in [1.82, 2.24) is 10.2 Å². The van der Waals surface area contributed by atoms with E-state index in [9.17, 15) is 9.18 Å². The van der Waals surface area contributed by atoms with Gasteiger partial charge in [0, 0.05) is 13.1 Å². The Balaban J connectivity index is 2.00. The number of benzene rings is 2. The van der Waals surface area contributed by atoms with E-state index >= 15 is 0 Å². The van der Waals surface area contributed by atoms with Gasteiger partial charge in [-0.15, -0.1) is 0 Å². The maximum atomic E-state index is 13.0. The molecule has 140 valence electrons. The number of hydrogen-bond acceptors (Lipinski definition) is 3. The number of halogens is 1. The van der Waals surface area contributed by atoms with Crippen LogP contribution >= 0.6 is 0 Å². The van der Waals surface area contributed by atoms with Crippen molar-refractivity contribution in [2.75, 3.05) is 27.2 Å². The van der Waals surface area contributed by atoms with E-state index in [1.807, 2.05) is 26.2 Å². The summed E-state index contributed by atoms with van der Waals surface area (Å²) in [5.41, 5.74) is 1.30. The van der Waals surface area contributed by atoms with Gasteiger partial charge in [-0.3, -0.25) is 4.79 Å². The van der Waals surface area contributed by atoms with Gasteiger partial charge in [-0.25, -0.2) is 4.39 Å². The minimum atomic E-state index is -0.283. The Morgan fingerprint density at radius 2 is 1.77 bits per heavy atom. The van der Waals surface area contributed by atoms with Crippen LogP contribution in [0.25, 0.3) is 0 Å². The first-order valence-electron chi connectivity index (χ1n) is 8.66. The fraction of sp³-hybridized carbons (Fsp3) is 0.381. The predicted molar refractivity (Wildman–Crippen MR) is 102 cm³/mol. The largest absolute Gasteiger partial charge is 0.488 e. The third-order valence-electron chi connectivity index (χ3n) is 3.91. The molecule has 0 spiro atoms. The highest BCUT2D eigenvalue weighted by molar-refractivity contribution is 5.96. The summed E-state index contributed by atoms with van der Waals surface area (Å²) in [6.45, 7) is 5.94. The van der Waals surface area contributed by atoms with Gasteiger partial charge in [-0.1, -0.05) is 38.1 Å². The first-order chi connectivity index (χ1) is 12.3. The van der Waals surface area contributed by atoms with E-state index in [2.05, 4.69) is 24.1 Å². The van der Waals surface area contributed by atoms with Crippen molar-refractivity contribution < 1.29 is 13.9 Å². The van der Waals surface area contributed by atoms with E-state index in [-0.39, 0.29) is 23.7 Å². The second kappa shape index (κ2) is 8.81. The molecule has 0 fully saturated rings. The lowest BCUT2D eigenvalue weighted by Crippen LogP contribution is -2.40. The summed E-state index contributed by atoms with van der Waals surface area (Å²) < 4.78 is 18.8. The Labute approximate surface area is 155 Å². The quantitative estimate of drug-likeness (QED) is 0.782. The van der Waals surface area contributed by atoms with Crippen LogP contribution in [0, 0.1) is 11.2 Å². The van der Waals surface area contributed by atoms with Crippen molar-refractivity contribution in [2.45, 2.75) is 20.5 Å². The van der Waals surface area contributed by atoms with E-state index in [1.54, 1.807) is 24.3 Å². The highest BCUT2D eigenvalue weighted by Gasteiger charge is 2.21. The van der Waals surface area contributed by atoms with Crippen LogP contribution in [0.3, 0.4) is 0 Å². The second-order valence-corrected chi connectivity index (χ2v) is 7.50. The average molecular weight is 358 g/mol. The van der Waals surface area contributed by atoms with E-state index in [4.69, 9.17) is 4.74 Å². The van der Waals surface area contributed by atoms with E-state index in [0.29, 0.717) is 17.9 Å². The summed E-state index contributed by atoms with van der Waals surface area (Å²) in [6, 6.07) is 13.3. The van der Waals surface area contributed by atoms with Gasteiger partial charge in [0.2, 0.25) is 0 Å². The molecule has 0 atom stereocenters. The Hall–Kier alpha value is -2.40. The zero-order chi connectivity index (χ0) is 19.2. The number of carbonyl (C=O) groups excluding carboxylic acids is 1. The standard InChI is InChI=1S/C21H27FN2O2/c1-21(2,15-24(3)4)14-23-20(25)18-7-5-6-8-19(18)26-13-16-9-11-17(22)12-10-16/h5-12H,13-15H2,1-4H3,(H,23,25). The molecule has 2 rings (SSSR count). The van der Waals surface area contributed by atoms with Crippen LogP contribution in [-0.4, -0.2) is 38.0 Å². The van der Waals surface area contributed by atoms with Crippen LogP contribution in [0.2, 0.25) is 0 Å². The lowest BCUT2D eigenvalue weighted by molar-refractivity contribution is 0.0924. The summed E-state index contributed by atoms with van der Waals surface area (Å²) in [7, 11) is 4.03. The first-order valence-corrected chi connectivity index (χ1v) is 8.66. The molecule has 0 saturated carbocycles. The maximum Gasteiger partial charge on any atom is 0.255 e. The number of ether oxygens (including phenoxy) is 1. The van der Waals surface area contributed by atoms with Crippen molar-refractivity contribution in [1.29, 1.82) is 0 Å². The van der Waals surface area contributed by atoms with Gasteiger partial charge in [-0.05, 0) is 49.3 Å². The Morgan fingerprint density at radius 3 is 2.42 bits per heavy atom. The van der Waals surface area contributed by atoms with E-state index in [1.165, 1.54) is 12.1 Å². The molecule has 5 heteroatoms. The Morgan fingerprint density at radius 1 is 1.12 bits per heavy atom. The zero-order valence-corrected chi connectivity index (χ0v) is 15.9. The average Bonchev–Trinajstić information content (AvgIpc) is 2.58. The van der Waals surface area contributed by atoms with Gasteiger partial charge in [-0.2, -0.15) is 0 Å². The highest BCUT2D eigenvalue weighted by Crippen LogP contribution is 2.20. The SMILES string of the molecule is CN(C)CC(C)(C)CNC(=O)c1ccccc1OCc1ccc(F)cc1. The van der Waals surface area contributed by atoms with Crippen LogP contribution in [-0.2, 0) is 6.61 Å². The molecule has 0 saturated heterocycles. The molecule has 2 aromatic rings. The lowest BCUT2D eigenvalue weighted by Gasteiger charge is -2.28. The maximum absolute atomic E-state index is 13.0. The molecule has 2 aromatic carbocycles. The summed E-state index contributed by atoms with van der Waals surface area (Å²) >= 11 is 0. The molecule has 0 aromatic heterocycles. The zero-order valence-electron chi connectivity index (χ0n) is 15.9. The van der Waals surface area contributed by atoms with Gasteiger partial charge < -0.3 is 15.0 Å². The number of rotatable bonds is 8. The number of nitrogens with zero attached hydrogens (tertiary/aromatic N) is 1. The molecule has 0 radical (unpaired) electrons. The summed E-state index contributed by atoms with van der Waals surface area (Å²) in [5.74, 6) is 0.0696. The number of nitrogens with one attached hydrogen (secondary N) is 1. The van der Waals surface area contributed by atoms with Gasteiger partial charge in [0.05, 0.1) is 5.56 Å². The molecule has 1 amide bonds. The van der Waals surface area contributed by atoms with Gasteiger partial charge >= 0.3 is 0 Å². The molecule has 0 aliphatic heterocycles. The fourth-order valence-corrected chi connectivity index (χ4v) is 2.85. The van der Waals surface area contributed by atoms with Crippen molar-refractivity contribution in [3.63, 3.8) is 0 Å². The van der Waals surface area contributed by atoms with Gasteiger partial charge in [0.1, 0.15) is 18.2 Å². The number of amides is 1. The minimum absolute atomic E-state index is 0.0386. The Kier molecular flexibility index (Phi) is 6.75. The smallest absolute Gasteiger partial charge is 0.255 e. The molecule has 4 nitrogen and oxygen atoms in total. The van der Waals surface area contributed by atoms with Gasteiger partial charge in [0.25, 0.3) is 5.91 Å². The van der Waals surface area contributed by atoms with E-state index < -0.39 is 0 Å². The highest BCUT2D eigenvalue weighted by atomic mass is 19.1. The van der Waals surface area contributed by atoms with Crippen LogP contribution in [0.5, 0.6) is 5.75 Å². The minimum Gasteiger partial charge on any atom is -0.488 e. The number of hydrogen-bond donors (Lipinski definition) is 1. The van der Waals surface area contributed by atoms with E-state index in [0.717, 1.165) is 12.1 Å². The lowest BCUT2D eigenvalue weighted by atomic mass is 9.93. The van der Waals surface area contributed by atoms with Crippen molar-refractivity contribution >= 4 is 5.91 Å². The molecule has 0 bridgehead atoms. The number of para-hydroxylation sites is 1. The first kappa shape index (κ1) is 19.9. The monoisotopic (exact) mass is 358 g/mol. The summed E-state index contributed by atoms with van der Waals surface area (Å²) in [5, 5.41) is 3.00. The van der Waals surface area contributed by atoms with Crippen LogP contribution in [0.1, 0.15) is 29.8 Å². The van der Waals surface area contributed by atoms with Crippen molar-refractivity contribution in [2.24, 2.45) is 5.41 Å². The van der Waals surface area contributed by atoms with Crippen molar-refractivity contribution in [3.8, 4) is 5.75 Å². The number of carbonyl (C=O) groups is 1. The molecule has 0 heterocycles. The topological polar surface area (TPSA) is 41.6 Å². The fourth-order valence-electron chi connectivity index (χ4n) is 2.85. The third-order valence-corrected chi connectivity index (χ3v) is 3.91. The summed E-state index contributed by atoms with van der Waals surface area (Å²) in [6.07, 6.45) is 0. The predicted octanol–water partition coefficient (Wildman–Crippen LogP) is 3.72. The van der Waals surface area contributed by atoms with Crippen LogP contribution in [0.4, 0.5) is 4.39 Å². The molecule has 26 heavy (non-hydrogen) atoms. The Bertz CT molecular complexity index is 727. The van der Waals surface area contributed by atoms with Crippen LogP contribution in [0.15, 0.2) is 48.5 Å². The van der Waals surface area contributed by atoms with Gasteiger partial charge in [0.15, 0.2) is 0 Å². The van der Waals surface area contributed by atoms with Crippen molar-refractivity contribution in [3.05, 3.63) is 65.5 Å².